The summed E-state index contributed by atoms with van der Waals surface area (Å²) in [6, 6.07) is 1.62. The van der Waals surface area contributed by atoms with Crippen molar-refractivity contribution >= 4 is 23.4 Å². The maximum atomic E-state index is 13.8. The molecule has 4 fully saturated rings. The fourth-order valence-corrected chi connectivity index (χ4v) is 10.8. The van der Waals surface area contributed by atoms with Crippen LogP contribution in [0, 0.1) is 24.7 Å². The van der Waals surface area contributed by atoms with Crippen LogP contribution in [0.1, 0.15) is 75.4 Å². The van der Waals surface area contributed by atoms with Gasteiger partial charge in [-0.25, -0.2) is 4.98 Å². The normalized spacial score (nSPS) is 36.3. The molecule has 4 heterocycles. The summed E-state index contributed by atoms with van der Waals surface area (Å²) in [7, 11) is 2.26. The van der Waals surface area contributed by atoms with Crippen molar-refractivity contribution in [2.24, 2.45) is 17.8 Å². The van der Waals surface area contributed by atoms with E-state index in [2.05, 4.69) is 41.3 Å². The van der Waals surface area contributed by atoms with E-state index in [9.17, 15) is 4.79 Å². The lowest BCUT2D eigenvalue weighted by atomic mass is 9.71. The van der Waals surface area contributed by atoms with Gasteiger partial charge in [-0.2, -0.15) is 11.8 Å². The molecule has 0 aromatic carbocycles. The monoisotopic (exact) mass is 605 g/mol. The third-order valence-corrected chi connectivity index (χ3v) is 12.9. The van der Waals surface area contributed by atoms with E-state index in [4.69, 9.17) is 21.3 Å². The molecular formula is C32H52ClN5O2S. The molecule has 230 valence electrons. The molecule has 2 aliphatic carbocycles. The number of piperidine rings is 2. The Labute approximate surface area is 256 Å². The van der Waals surface area contributed by atoms with Crippen LogP contribution in [0.3, 0.4) is 0 Å². The van der Waals surface area contributed by atoms with Gasteiger partial charge in [0, 0.05) is 40.9 Å². The van der Waals surface area contributed by atoms with Gasteiger partial charge in [0.05, 0.1) is 24.9 Å². The van der Waals surface area contributed by atoms with Gasteiger partial charge in [-0.05, 0) is 122 Å². The highest BCUT2D eigenvalue weighted by Crippen LogP contribution is 2.46. The minimum absolute atomic E-state index is 0.162. The minimum Gasteiger partial charge on any atom is -0.376 e. The molecule has 1 saturated carbocycles. The highest BCUT2D eigenvalue weighted by molar-refractivity contribution is 8.00. The standard InChI is InChI=1S/C32H52ClN5O2S/c1-20-16-26(31-29(35-20)10-15-41-31)25-17-23(33)4-7-30(25)40-14-13-38-21(2)36-28-6-5-24(18-27(28)32(38)39)37(3)19-22-8-11-34-12-9-22/h20,22-26,29-31,34-35H,4-19H2,1-3H3. The number of aromatic nitrogens is 2. The summed E-state index contributed by atoms with van der Waals surface area (Å²) in [6.45, 7) is 8.88. The lowest BCUT2D eigenvalue weighted by molar-refractivity contribution is -0.0407. The van der Waals surface area contributed by atoms with Crippen LogP contribution in [-0.2, 0) is 24.1 Å². The van der Waals surface area contributed by atoms with Crippen LogP contribution in [-0.4, -0.2) is 88.3 Å². The first kappa shape index (κ1) is 30.4. The van der Waals surface area contributed by atoms with Crippen LogP contribution in [0.15, 0.2) is 4.79 Å². The van der Waals surface area contributed by atoms with Crippen molar-refractivity contribution in [3.8, 4) is 0 Å². The summed E-state index contributed by atoms with van der Waals surface area (Å²) in [5, 5.41) is 8.27. The van der Waals surface area contributed by atoms with E-state index in [0.717, 1.165) is 81.2 Å². The molecule has 9 heteroatoms. The average molecular weight is 606 g/mol. The third kappa shape index (κ3) is 6.88. The molecule has 5 aliphatic rings. The number of aryl methyl sites for hydroxylation is 2. The molecule has 0 amide bonds. The van der Waals surface area contributed by atoms with Crippen LogP contribution in [0.2, 0.25) is 0 Å². The molecule has 0 bridgehead atoms. The smallest absolute Gasteiger partial charge is 0.257 e. The van der Waals surface area contributed by atoms with Crippen LogP contribution < -0.4 is 16.2 Å². The molecular weight excluding hydrogens is 554 g/mol. The van der Waals surface area contributed by atoms with Gasteiger partial charge in [0.2, 0.25) is 0 Å². The number of nitrogens with zero attached hydrogens (tertiary/aromatic N) is 3. The molecule has 7 nitrogen and oxygen atoms in total. The molecule has 8 atom stereocenters. The summed E-state index contributed by atoms with van der Waals surface area (Å²) in [4.78, 5) is 21.3. The number of alkyl halides is 1. The summed E-state index contributed by atoms with van der Waals surface area (Å²) >= 11 is 8.93. The SMILES string of the molecule is Cc1nc2c(c(=O)n1CCOC1CCC(Cl)CC1C1CC(C)NC3CCSC31)CC(N(C)CC1CCNCC1)CC2. The Balaban J connectivity index is 1.10. The van der Waals surface area contributed by atoms with Crippen molar-refractivity contribution in [3.05, 3.63) is 27.4 Å². The summed E-state index contributed by atoms with van der Waals surface area (Å²) in [5.74, 6) is 4.01. The molecule has 0 spiro atoms. The van der Waals surface area contributed by atoms with Gasteiger partial charge in [-0.1, -0.05) is 0 Å². The molecule has 6 rings (SSSR count). The molecule has 1 aromatic rings. The Bertz CT molecular complexity index is 1100. The number of halogens is 1. The maximum Gasteiger partial charge on any atom is 0.257 e. The topological polar surface area (TPSA) is 71.4 Å². The largest absolute Gasteiger partial charge is 0.376 e. The zero-order valence-corrected chi connectivity index (χ0v) is 27.0. The van der Waals surface area contributed by atoms with Crippen LogP contribution in [0.5, 0.6) is 0 Å². The van der Waals surface area contributed by atoms with Crippen LogP contribution >= 0.6 is 23.4 Å². The average Bonchev–Trinajstić information content (AvgIpc) is 3.44. The number of ether oxygens (including phenoxy) is 1. The number of hydrogen-bond acceptors (Lipinski definition) is 7. The van der Waals surface area contributed by atoms with Gasteiger partial charge in [0.25, 0.3) is 5.56 Å². The van der Waals surface area contributed by atoms with Crippen molar-refractivity contribution in [1.29, 1.82) is 0 Å². The zero-order valence-electron chi connectivity index (χ0n) is 25.5. The number of rotatable bonds is 8. The quantitative estimate of drug-likeness (QED) is 0.434. The predicted molar refractivity (Wildman–Crippen MR) is 169 cm³/mol. The number of thioether (sulfide) groups is 1. The van der Waals surface area contributed by atoms with Crippen molar-refractivity contribution in [3.63, 3.8) is 0 Å². The maximum absolute atomic E-state index is 13.8. The van der Waals surface area contributed by atoms with Gasteiger partial charge in [-0.3, -0.25) is 9.36 Å². The Morgan fingerprint density at radius 2 is 1.95 bits per heavy atom. The first-order valence-electron chi connectivity index (χ1n) is 16.5. The number of hydrogen-bond donors (Lipinski definition) is 2. The molecule has 2 N–H and O–H groups in total. The molecule has 1 aromatic heterocycles. The lowest BCUT2D eigenvalue weighted by Crippen LogP contribution is -2.54. The van der Waals surface area contributed by atoms with Gasteiger partial charge in [0.15, 0.2) is 0 Å². The molecule has 41 heavy (non-hydrogen) atoms. The number of likely N-dealkylation sites (N-methyl/N-ethyl adjacent to an activating group) is 1. The van der Waals surface area contributed by atoms with Crippen LogP contribution in [0.25, 0.3) is 0 Å². The summed E-state index contributed by atoms with van der Waals surface area (Å²) in [6.07, 6.45) is 11.2. The second-order valence-corrected chi connectivity index (χ2v) is 15.7. The van der Waals surface area contributed by atoms with Crippen molar-refractivity contribution in [2.45, 2.75) is 119 Å². The zero-order chi connectivity index (χ0) is 28.5. The first-order chi connectivity index (χ1) is 19.9. The van der Waals surface area contributed by atoms with Crippen molar-refractivity contribution in [2.75, 3.05) is 39.0 Å². The van der Waals surface area contributed by atoms with Crippen molar-refractivity contribution in [1.82, 2.24) is 25.1 Å². The number of fused-ring (bicyclic) bond motifs is 2. The molecule has 3 aliphatic heterocycles. The van der Waals surface area contributed by atoms with Gasteiger partial charge in [-0.15, -0.1) is 11.6 Å². The predicted octanol–water partition coefficient (Wildman–Crippen LogP) is 4.01. The van der Waals surface area contributed by atoms with Crippen molar-refractivity contribution < 1.29 is 4.74 Å². The lowest BCUT2D eigenvalue weighted by Gasteiger charge is -2.46. The Morgan fingerprint density at radius 3 is 2.78 bits per heavy atom. The van der Waals surface area contributed by atoms with Gasteiger partial charge < -0.3 is 20.3 Å². The van der Waals surface area contributed by atoms with E-state index in [1.165, 1.54) is 31.4 Å². The first-order valence-corrected chi connectivity index (χ1v) is 18.0. The van der Waals surface area contributed by atoms with Gasteiger partial charge >= 0.3 is 0 Å². The second kappa shape index (κ2) is 13.6. The van der Waals surface area contributed by atoms with E-state index in [1.807, 2.05) is 11.5 Å². The number of nitrogens with one attached hydrogen (secondary N) is 2. The fraction of sp³-hybridized carbons (Fsp3) is 0.875. The molecule has 3 saturated heterocycles. The second-order valence-electron chi connectivity index (χ2n) is 13.8. The highest BCUT2D eigenvalue weighted by atomic mass is 35.5. The molecule has 0 radical (unpaired) electrons. The van der Waals surface area contributed by atoms with E-state index in [1.54, 1.807) is 0 Å². The van der Waals surface area contributed by atoms with E-state index >= 15 is 0 Å². The Kier molecular flexibility index (Phi) is 10.0. The van der Waals surface area contributed by atoms with Gasteiger partial charge in [0.1, 0.15) is 5.82 Å². The Morgan fingerprint density at radius 1 is 1.12 bits per heavy atom. The molecule has 8 unspecified atom stereocenters. The third-order valence-electron chi connectivity index (χ3n) is 11.0. The van der Waals surface area contributed by atoms with Crippen LogP contribution in [0.4, 0.5) is 0 Å². The highest BCUT2D eigenvalue weighted by Gasteiger charge is 2.46. The minimum atomic E-state index is 0.162. The van der Waals surface area contributed by atoms with E-state index < -0.39 is 0 Å². The Hall–Kier alpha value is -0.640. The fourth-order valence-electron chi connectivity index (χ4n) is 8.75. The summed E-state index contributed by atoms with van der Waals surface area (Å²) in [5.41, 5.74) is 2.13. The van der Waals surface area contributed by atoms with E-state index in [-0.39, 0.29) is 17.0 Å². The summed E-state index contributed by atoms with van der Waals surface area (Å²) < 4.78 is 8.59. The van der Waals surface area contributed by atoms with E-state index in [0.29, 0.717) is 48.4 Å².